The lowest BCUT2D eigenvalue weighted by Crippen LogP contribution is -2.30. The van der Waals surface area contributed by atoms with Crippen LogP contribution in [0.25, 0.3) is 10.2 Å². The number of aliphatic hydroxyl groups is 1. The van der Waals surface area contributed by atoms with Gasteiger partial charge in [0.05, 0.1) is 28.7 Å². The number of carbonyl (C=O) groups excluding carboxylic acids is 2. The first kappa shape index (κ1) is 19.5. The van der Waals surface area contributed by atoms with E-state index in [1.807, 2.05) is 42.6 Å². The van der Waals surface area contributed by atoms with E-state index in [9.17, 15) is 14.7 Å². The van der Waals surface area contributed by atoms with E-state index in [0.29, 0.717) is 23.0 Å². The van der Waals surface area contributed by atoms with E-state index in [4.69, 9.17) is 9.15 Å². The van der Waals surface area contributed by atoms with Crippen LogP contribution in [0.4, 0.5) is 5.13 Å². The van der Waals surface area contributed by atoms with Crippen molar-refractivity contribution >= 4 is 49.7 Å². The molecule has 9 heteroatoms. The van der Waals surface area contributed by atoms with Crippen LogP contribution in [0.15, 0.2) is 69.9 Å². The van der Waals surface area contributed by atoms with Gasteiger partial charge in [0.25, 0.3) is 5.91 Å². The Balaban J connectivity index is 1.62. The summed E-state index contributed by atoms with van der Waals surface area (Å²) in [5, 5.41) is 12.9. The van der Waals surface area contributed by atoms with Crippen molar-refractivity contribution in [3.63, 3.8) is 0 Å². The first-order valence-corrected chi connectivity index (χ1v) is 11.2. The normalized spacial score (nSPS) is 16.5. The van der Waals surface area contributed by atoms with E-state index < -0.39 is 23.5 Å². The molecular weight excluding hydrogens is 436 g/mol. The molecule has 1 aliphatic rings. The lowest BCUT2D eigenvalue weighted by atomic mass is 10.0. The maximum Gasteiger partial charge on any atom is 0.296 e. The van der Waals surface area contributed by atoms with Gasteiger partial charge in [-0.05, 0) is 48.7 Å². The molecule has 0 radical (unpaired) electrons. The van der Waals surface area contributed by atoms with Crippen molar-refractivity contribution in [2.45, 2.75) is 13.0 Å². The van der Waals surface area contributed by atoms with Gasteiger partial charge in [0.1, 0.15) is 11.8 Å². The average molecular weight is 453 g/mol. The van der Waals surface area contributed by atoms with Crippen molar-refractivity contribution in [1.29, 1.82) is 0 Å². The standard InChI is InChI=1S/C22H16N2O5S2/c1-2-28-12-7-8-13-16(11-12)31-22(23-13)24-18(15-6-4-10-30-15)17(20(26)21(24)27)19(25)14-5-3-9-29-14/h3-11,18,26H,2H2,1H3. The van der Waals surface area contributed by atoms with Crippen LogP contribution < -0.4 is 9.64 Å². The van der Waals surface area contributed by atoms with Crippen molar-refractivity contribution in [2.75, 3.05) is 11.5 Å². The summed E-state index contributed by atoms with van der Waals surface area (Å²) in [6.07, 6.45) is 1.38. The molecule has 1 unspecified atom stereocenters. The van der Waals surface area contributed by atoms with Crippen LogP contribution in [0.1, 0.15) is 28.4 Å². The number of nitrogens with zero attached hydrogens (tertiary/aromatic N) is 2. The second-order valence-corrected chi connectivity index (χ2v) is 8.71. The zero-order chi connectivity index (χ0) is 21.5. The Morgan fingerprint density at radius 3 is 2.87 bits per heavy atom. The van der Waals surface area contributed by atoms with Gasteiger partial charge in [0.15, 0.2) is 16.7 Å². The molecule has 0 fully saturated rings. The third-order valence-corrected chi connectivity index (χ3v) is 6.82. The van der Waals surface area contributed by atoms with Gasteiger partial charge in [0, 0.05) is 4.88 Å². The Labute approximate surface area is 184 Å². The molecule has 3 aromatic heterocycles. The van der Waals surface area contributed by atoms with Crippen molar-refractivity contribution in [3.8, 4) is 5.75 Å². The number of hydrogen-bond acceptors (Lipinski definition) is 8. The van der Waals surface area contributed by atoms with Crippen LogP contribution in [0.2, 0.25) is 0 Å². The first-order valence-electron chi connectivity index (χ1n) is 9.50. The number of ketones is 1. The summed E-state index contributed by atoms with van der Waals surface area (Å²) >= 11 is 2.69. The zero-order valence-corrected chi connectivity index (χ0v) is 17.9. The van der Waals surface area contributed by atoms with E-state index >= 15 is 0 Å². The minimum absolute atomic E-state index is 0.0170. The number of aliphatic hydroxyl groups excluding tert-OH is 1. The van der Waals surface area contributed by atoms with Crippen LogP contribution in [0, 0.1) is 0 Å². The number of benzene rings is 1. The molecule has 1 atom stereocenters. The molecule has 0 aliphatic carbocycles. The molecule has 1 N–H and O–H groups in total. The van der Waals surface area contributed by atoms with Crippen molar-refractivity contribution in [3.05, 3.63) is 76.1 Å². The van der Waals surface area contributed by atoms with Gasteiger partial charge in [-0.1, -0.05) is 17.4 Å². The number of amides is 1. The molecule has 0 spiro atoms. The fourth-order valence-electron chi connectivity index (χ4n) is 3.54. The molecule has 0 saturated heterocycles. The van der Waals surface area contributed by atoms with Gasteiger partial charge in [-0.25, -0.2) is 4.98 Å². The van der Waals surface area contributed by atoms with Crippen LogP contribution in [-0.2, 0) is 4.79 Å². The molecule has 1 amide bonds. The lowest BCUT2D eigenvalue weighted by Gasteiger charge is -2.22. The van der Waals surface area contributed by atoms with Gasteiger partial charge in [-0.2, -0.15) is 0 Å². The van der Waals surface area contributed by atoms with E-state index in [0.717, 1.165) is 9.58 Å². The SMILES string of the molecule is CCOc1ccc2nc(N3C(=O)C(O)=C(C(=O)c4ccco4)C3c3cccs3)sc2c1. The number of aromatic nitrogens is 1. The predicted molar refractivity (Wildman–Crippen MR) is 118 cm³/mol. The van der Waals surface area contributed by atoms with Gasteiger partial charge >= 0.3 is 0 Å². The first-order chi connectivity index (χ1) is 15.1. The number of Topliss-reactive ketones (excluding diaryl/α,β-unsaturated/α-hetero) is 1. The number of thiazole rings is 1. The molecule has 156 valence electrons. The maximum absolute atomic E-state index is 13.1. The number of furan rings is 1. The van der Waals surface area contributed by atoms with Crippen molar-refractivity contribution in [1.82, 2.24) is 4.98 Å². The zero-order valence-electron chi connectivity index (χ0n) is 16.3. The molecule has 7 nitrogen and oxygen atoms in total. The van der Waals surface area contributed by atoms with Crippen molar-refractivity contribution in [2.24, 2.45) is 0 Å². The summed E-state index contributed by atoms with van der Waals surface area (Å²) in [6, 6.07) is 11.5. The highest BCUT2D eigenvalue weighted by Gasteiger charge is 2.46. The van der Waals surface area contributed by atoms with E-state index in [1.165, 1.54) is 39.9 Å². The van der Waals surface area contributed by atoms with E-state index in [2.05, 4.69) is 4.98 Å². The Bertz CT molecular complexity index is 1310. The van der Waals surface area contributed by atoms with Crippen molar-refractivity contribution < 1.29 is 23.8 Å². The summed E-state index contributed by atoms with van der Waals surface area (Å²) in [4.78, 5) is 33.0. The topological polar surface area (TPSA) is 92.9 Å². The molecular formula is C22H16N2O5S2. The van der Waals surface area contributed by atoms with Gasteiger partial charge < -0.3 is 14.3 Å². The monoisotopic (exact) mass is 452 g/mol. The Hall–Kier alpha value is -3.43. The minimum atomic E-state index is -0.794. The van der Waals surface area contributed by atoms with Gasteiger partial charge in [0.2, 0.25) is 5.78 Å². The van der Waals surface area contributed by atoms with Crippen LogP contribution in [0.5, 0.6) is 5.75 Å². The summed E-state index contributed by atoms with van der Waals surface area (Å²) < 4.78 is 11.6. The molecule has 1 aromatic carbocycles. The van der Waals surface area contributed by atoms with E-state index in [1.54, 1.807) is 6.07 Å². The molecule has 4 aromatic rings. The largest absolute Gasteiger partial charge is 0.503 e. The summed E-state index contributed by atoms with van der Waals surface area (Å²) in [7, 11) is 0. The number of ether oxygens (including phenoxy) is 1. The van der Waals surface area contributed by atoms with Crippen LogP contribution in [0.3, 0.4) is 0 Å². The lowest BCUT2D eigenvalue weighted by molar-refractivity contribution is -0.117. The number of carbonyl (C=O) groups is 2. The summed E-state index contributed by atoms with van der Waals surface area (Å²) in [5.41, 5.74) is 0.683. The Morgan fingerprint density at radius 2 is 2.16 bits per heavy atom. The van der Waals surface area contributed by atoms with Gasteiger partial charge in [-0.3, -0.25) is 14.5 Å². The highest BCUT2D eigenvalue weighted by molar-refractivity contribution is 7.22. The molecule has 31 heavy (non-hydrogen) atoms. The molecule has 1 aliphatic heterocycles. The second-order valence-electron chi connectivity index (χ2n) is 6.72. The molecule has 4 heterocycles. The highest BCUT2D eigenvalue weighted by Crippen LogP contribution is 2.45. The predicted octanol–water partition coefficient (Wildman–Crippen LogP) is 5.13. The van der Waals surface area contributed by atoms with Gasteiger partial charge in [-0.15, -0.1) is 11.3 Å². The number of fused-ring (bicyclic) bond motifs is 1. The summed E-state index contributed by atoms with van der Waals surface area (Å²) in [6.45, 7) is 2.45. The van der Waals surface area contributed by atoms with Crippen LogP contribution in [-0.4, -0.2) is 28.4 Å². The maximum atomic E-state index is 13.1. The molecule has 0 saturated carbocycles. The third kappa shape index (κ3) is 3.22. The Kier molecular flexibility index (Phi) is 4.84. The average Bonchev–Trinajstić information content (AvgIpc) is 3.55. The fraction of sp³-hybridized carbons (Fsp3) is 0.136. The quantitative estimate of drug-likeness (QED) is 0.408. The summed E-state index contributed by atoms with van der Waals surface area (Å²) in [5.74, 6) is -1.02. The third-order valence-electron chi connectivity index (χ3n) is 4.88. The van der Waals surface area contributed by atoms with E-state index in [-0.39, 0.29) is 11.3 Å². The number of hydrogen-bond donors (Lipinski definition) is 1. The fourth-order valence-corrected chi connectivity index (χ4v) is 5.39. The number of rotatable bonds is 6. The molecule has 0 bridgehead atoms. The Morgan fingerprint density at radius 1 is 1.29 bits per heavy atom. The second kappa shape index (κ2) is 7.68. The molecule has 5 rings (SSSR count). The number of thiophene rings is 1. The smallest absolute Gasteiger partial charge is 0.296 e. The number of anilines is 1. The van der Waals surface area contributed by atoms with Crippen LogP contribution >= 0.6 is 22.7 Å². The highest BCUT2D eigenvalue weighted by atomic mass is 32.1. The minimum Gasteiger partial charge on any atom is -0.503 e.